The van der Waals surface area contributed by atoms with E-state index in [1.165, 1.54) is 4.90 Å². The number of anilines is 1. The molecule has 7 nitrogen and oxygen atoms in total. The highest BCUT2D eigenvalue weighted by Gasteiger charge is 2.47. The fourth-order valence-electron chi connectivity index (χ4n) is 3.66. The number of ether oxygens (including phenoxy) is 1. The van der Waals surface area contributed by atoms with E-state index in [0.717, 1.165) is 24.0 Å². The number of nitrogens with zero attached hydrogens (tertiary/aromatic N) is 1. The maximum atomic E-state index is 13.1. The van der Waals surface area contributed by atoms with Crippen LogP contribution in [0.4, 0.5) is 10.5 Å². The van der Waals surface area contributed by atoms with E-state index >= 15 is 0 Å². The number of hydrogen-bond donors (Lipinski definition) is 2. The molecule has 2 aromatic carbocycles. The highest BCUT2D eigenvalue weighted by molar-refractivity contribution is 5.91. The van der Waals surface area contributed by atoms with Crippen molar-refractivity contribution in [2.45, 2.75) is 57.8 Å². The Labute approximate surface area is 181 Å². The summed E-state index contributed by atoms with van der Waals surface area (Å²) in [4.78, 5) is 39.2. The molecular weight excluding hydrogens is 394 g/mol. The first-order valence-electron chi connectivity index (χ1n) is 10.7. The maximum absolute atomic E-state index is 13.1. The van der Waals surface area contributed by atoms with Crippen molar-refractivity contribution in [1.29, 1.82) is 0 Å². The predicted octanol–water partition coefficient (Wildman–Crippen LogP) is 3.68. The lowest BCUT2D eigenvalue weighted by Gasteiger charge is -2.24. The lowest BCUT2D eigenvalue weighted by molar-refractivity contribution is -0.126. The number of aryl methyl sites for hydroxylation is 1. The Morgan fingerprint density at radius 1 is 1.13 bits per heavy atom. The number of nitrogens with one attached hydrogen (secondary N) is 2. The summed E-state index contributed by atoms with van der Waals surface area (Å²) < 4.78 is 5.69. The average Bonchev–Trinajstić information content (AvgIpc) is 3.51. The van der Waals surface area contributed by atoms with Crippen LogP contribution >= 0.6 is 0 Å². The van der Waals surface area contributed by atoms with Crippen LogP contribution in [0.25, 0.3) is 0 Å². The van der Waals surface area contributed by atoms with Gasteiger partial charge in [0, 0.05) is 18.2 Å². The van der Waals surface area contributed by atoms with Crippen molar-refractivity contribution in [3.05, 3.63) is 65.2 Å². The topological polar surface area (TPSA) is 87.7 Å². The van der Waals surface area contributed by atoms with Gasteiger partial charge in [-0.2, -0.15) is 0 Å². The number of amides is 3. The molecule has 2 N–H and O–H groups in total. The summed E-state index contributed by atoms with van der Waals surface area (Å²) in [5.41, 5.74) is 3.33. The van der Waals surface area contributed by atoms with E-state index < -0.39 is 18.2 Å². The van der Waals surface area contributed by atoms with Gasteiger partial charge in [-0.1, -0.05) is 48.9 Å². The Morgan fingerprint density at radius 2 is 1.87 bits per heavy atom. The SMILES string of the molecule is CCC(=O)Nc1cccc([C@@H]2OC(=O)N(Cc3ccc(C)cc3)[C@@H]2C(=O)NC2CC2)c1. The minimum atomic E-state index is -0.786. The van der Waals surface area contributed by atoms with Gasteiger partial charge in [0.05, 0.1) is 6.54 Å². The van der Waals surface area contributed by atoms with Crippen LogP contribution in [0, 0.1) is 6.92 Å². The molecule has 3 amide bonds. The van der Waals surface area contributed by atoms with Crippen molar-refractivity contribution >= 4 is 23.6 Å². The molecule has 1 aliphatic carbocycles. The fourth-order valence-corrected chi connectivity index (χ4v) is 3.66. The molecule has 0 aromatic heterocycles. The summed E-state index contributed by atoms with van der Waals surface area (Å²) in [5.74, 6) is -0.321. The van der Waals surface area contributed by atoms with E-state index in [-0.39, 0.29) is 24.4 Å². The Kier molecular flexibility index (Phi) is 5.93. The molecule has 1 saturated carbocycles. The van der Waals surface area contributed by atoms with Crippen LogP contribution in [0.1, 0.15) is 49.0 Å². The zero-order valence-electron chi connectivity index (χ0n) is 17.8. The van der Waals surface area contributed by atoms with Crippen LogP contribution in [0.5, 0.6) is 0 Å². The zero-order chi connectivity index (χ0) is 22.0. The highest BCUT2D eigenvalue weighted by atomic mass is 16.6. The van der Waals surface area contributed by atoms with Crippen LogP contribution in [0.2, 0.25) is 0 Å². The molecule has 1 saturated heterocycles. The molecular formula is C24H27N3O4. The number of carbonyl (C=O) groups is 3. The van der Waals surface area contributed by atoms with Crippen LogP contribution in [-0.2, 0) is 20.9 Å². The van der Waals surface area contributed by atoms with Gasteiger partial charge in [-0.15, -0.1) is 0 Å². The van der Waals surface area contributed by atoms with E-state index in [0.29, 0.717) is 17.7 Å². The van der Waals surface area contributed by atoms with Crippen molar-refractivity contribution in [1.82, 2.24) is 10.2 Å². The molecule has 2 fully saturated rings. The number of carbonyl (C=O) groups excluding carboxylic acids is 3. The van der Waals surface area contributed by atoms with Gasteiger partial charge in [-0.3, -0.25) is 14.5 Å². The summed E-state index contributed by atoms with van der Waals surface area (Å²) in [6, 6.07) is 14.4. The van der Waals surface area contributed by atoms with E-state index in [9.17, 15) is 14.4 Å². The van der Waals surface area contributed by atoms with Gasteiger partial charge in [0.1, 0.15) is 0 Å². The third-order valence-corrected chi connectivity index (χ3v) is 5.57. The number of benzene rings is 2. The normalized spacial score (nSPS) is 20.3. The summed E-state index contributed by atoms with van der Waals surface area (Å²) in [5, 5.41) is 5.83. The van der Waals surface area contributed by atoms with E-state index in [4.69, 9.17) is 4.74 Å². The van der Waals surface area contributed by atoms with Gasteiger partial charge < -0.3 is 15.4 Å². The van der Waals surface area contributed by atoms with E-state index in [1.54, 1.807) is 25.1 Å². The second-order valence-electron chi connectivity index (χ2n) is 8.17. The molecule has 1 aliphatic heterocycles. The summed E-state index contributed by atoms with van der Waals surface area (Å²) >= 11 is 0. The smallest absolute Gasteiger partial charge is 0.411 e. The van der Waals surface area contributed by atoms with Crippen molar-refractivity contribution in [2.24, 2.45) is 0 Å². The first-order valence-corrected chi connectivity index (χ1v) is 10.7. The van der Waals surface area contributed by atoms with Crippen molar-refractivity contribution in [3.8, 4) is 0 Å². The molecule has 4 rings (SSSR count). The first kappa shape index (κ1) is 20.9. The van der Waals surface area contributed by atoms with Crippen molar-refractivity contribution in [2.75, 3.05) is 5.32 Å². The average molecular weight is 421 g/mol. The summed E-state index contributed by atoms with van der Waals surface area (Å²) in [7, 11) is 0. The zero-order valence-corrected chi connectivity index (χ0v) is 17.8. The quantitative estimate of drug-likeness (QED) is 0.714. The Morgan fingerprint density at radius 3 is 2.55 bits per heavy atom. The second-order valence-corrected chi connectivity index (χ2v) is 8.17. The molecule has 0 bridgehead atoms. The number of hydrogen-bond acceptors (Lipinski definition) is 4. The lowest BCUT2D eigenvalue weighted by Crippen LogP contribution is -2.46. The van der Waals surface area contributed by atoms with Crippen molar-refractivity contribution < 1.29 is 19.1 Å². The van der Waals surface area contributed by atoms with Gasteiger partial charge in [0.2, 0.25) is 11.8 Å². The molecule has 2 atom stereocenters. The molecule has 162 valence electrons. The minimum absolute atomic E-state index is 0.107. The van der Waals surface area contributed by atoms with Crippen LogP contribution in [-0.4, -0.2) is 34.9 Å². The van der Waals surface area contributed by atoms with Crippen LogP contribution < -0.4 is 10.6 Å². The molecule has 2 aromatic rings. The molecule has 2 aliphatic rings. The van der Waals surface area contributed by atoms with E-state index in [1.807, 2.05) is 37.3 Å². The third kappa shape index (κ3) is 4.87. The molecule has 0 unspecified atom stereocenters. The van der Waals surface area contributed by atoms with Gasteiger partial charge in [-0.05, 0) is 43.0 Å². The predicted molar refractivity (Wildman–Crippen MR) is 116 cm³/mol. The van der Waals surface area contributed by atoms with Gasteiger partial charge in [-0.25, -0.2) is 4.79 Å². The van der Waals surface area contributed by atoms with Crippen LogP contribution in [0.3, 0.4) is 0 Å². The molecule has 31 heavy (non-hydrogen) atoms. The summed E-state index contributed by atoms with van der Waals surface area (Å²) in [6.07, 6.45) is 0.988. The number of cyclic esters (lactones) is 1. The Bertz CT molecular complexity index is 985. The highest BCUT2D eigenvalue weighted by Crippen LogP contribution is 2.35. The Hall–Kier alpha value is -3.35. The standard InChI is InChI=1S/C24H27N3O4/c1-3-20(28)25-19-6-4-5-17(13-19)22-21(23(29)26-18-11-12-18)27(24(30)31-22)14-16-9-7-15(2)8-10-16/h4-10,13,18,21-22H,3,11-12,14H2,1-2H3,(H,25,28)(H,26,29)/t21-,22-/m0/s1. The summed E-state index contributed by atoms with van der Waals surface area (Å²) in [6.45, 7) is 4.06. The van der Waals surface area contributed by atoms with E-state index in [2.05, 4.69) is 10.6 Å². The Balaban J connectivity index is 1.62. The van der Waals surface area contributed by atoms with Crippen molar-refractivity contribution in [3.63, 3.8) is 0 Å². The van der Waals surface area contributed by atoms with Gasteiger partial charge in [0.15, 0.2) is 12.1 Å². The second kappa shape index (κ2) is 8.79. The number of rotatable bonds is 7. The molecule has 1 heterocycles. The van der Waals surface area contributed by atoms with Gasteiger partial charge in [0.25, 0.3) is 0 Å². The molecule has 7 heteroatoms. The third-order valence-electron chi connectivity index (χ3n) is 5.57. The largest absolute Gasteiger partial charge is 0.438 e. The first-order chi connectivity index (χ1) is 14.9. The van der Waals surface area contributed by atoms with Crippen LogP contribution in [0.15, 0.2) is 48.5 Å². The fraction of sp³-hybridized carbons (Fsp3) is 0.375. The van der Waals surface area contributed by atoms with Gasteiger partial charge >= 0.3 is 6.09 Å². The molecule has 0 spiro atoms. The minimum Gasteiger partial charge on any atom is -0.438 e. The monoisotopic (exact) mass is 421 g/mol. The lowest BCUT2D eigenvalue weighted by atomic mass is 10.00. The molecule has 0 radical (unpaired) electrons. The maximum Gasteiger partial charge on any atom is 0.411 e.